The summed E-state index contributed by atoms with van der Waals surface area (Å²) < 4.78 is 5.12. The van der Waals surface area contributed by atoms with E-state index in [0.717, 1.165) is 6.42 Å². The lowest BCUT2D eigenvalue weighted by Gasteiger charge is -2.30. The van der Waals surface area contributed by atoms with Crippen molar-refractivity contribution in [1.82, 2.24) is 10.7 Å². The van der Waals surface area contributed by atoms with E-state index in [1.54, 1.807) is 25.3 Å². The molecule has 0 spiro atoms. The number of benzene rings is 1. The zero-order valence-corrected chi connectivity index (χ0v) is 13.8. The van der Waals surface area contributed by atoms with Crippen LogP contribution in [-0.2, 0) is 0 Å². The summed E-state index contributed by atoms with van der Waals surface area (Å²) in [6, 6.07) is 5.38. The molecule has 1 aromatic rings. The van der Waals surface area contributed by atoms with Crippen LogP contribution in [0.3, 0.4) is 0 Å². The monoisotopic (exact) mass is 321 g/mol. The first kappa shape index (κ1) is 16.5. The standard InChI is InChI=1S/C16H23N3O2S/c1-11-5-3-4-6-14(11)18-16(22)19-17-10-12-9-13(21-2)7-8-15(12)20/h7-11,14,20H,3-6H2,1-2H3,(H2,18,19,22)/b17-10+/t11-,14-/m1/s1. The lowest BCUT2D eigenvalue weighted by molar-refractivity contribution is 0.308. The number of hydrogen-bond acceptors (Lipinski definition) is 4. The van der Waals surface area contributed by atoms with Crippen LogP contribution in [0.4, 0.5) is 0 Å². The number of hydrogen-bond donors (Lipinski definition) is 3. The van der Waals surface area contributed by atoms with Gasteiger partial charge in [-0.2, -0.15) is 5.10 Å². The number of methoxy groups -OCH3 is 1. The third-order valence-corrected chi connectivity index (χ3v) is 4.24. The minimum absolute atomic E-state index is 0.145. The minimum Gasteiger partial charge on any atom is -0.507 e. The highest BCUT2D eigenvalue weighted by molar-refractivity contribution is 7.80. The second-order valence-electron chi connectivity index (χ2n) is 5.64. The van der Waals surface area contributed by atoms with Crippen molar-refractivity contribution >= 4 is 23.5 Å². The number of hydrazone groups is 1. The lowest BCUT2D eigenvalue weighted by Crippen LogP contribution is -2.44. The Balaban J connectivity index is 1.87. The number of phenolic OH excluding ortho intramolecular Hbond substituents is 1. The maximum absolute atomic E-state index is 9.77. The molecule has 2 atom stereocenters. The predicted octanol–water partition coefficient (Wildman–Crippen LogP) is 2.78. The zero-order valence-electron chi connectivity index (χ0n) is 13.0. The maximum atomic E-state index is 9.77. The van der Waals surface area contributed by atoms with Gasteiger partial charge in [0.2, 0.25) is 0 Å². The zero-order chi connectivity index (χ0) is 15.9. The molecule has 0 bridgehead atoms. The molecule has 1 aromatic carbocycles. The molecule has 1 saturated carbocycles. The van der Waals surface area contributed by atoms with E-state index >= 15 is 0 Å². The first-order valence-corrected chi connectivity index (χ1v) is 7.97. The van der Waals surface area contributed by atoms with Gasteiger partial charge in [0, 0.05) is 11.6 Å². The van der Waals surface area contributed by atoms with Gasteiger partial charge in [-0.3, -0.25) is 5.43 Å². The van der Waals surface area contributed by atoms with Crippen molar-refractivity contribution in [2.75, 3.05) is 7.11 Å². The molecule has 2 rings (SSSR count). The number of nitrogens with one attached hydrogen (secondary N) is 2. The third kappa shape index (κ3) is 4.59. The van der Waals surface area contributed by atoms with Crippen LogP contribution in [0, 0.1) is 5.92 Å². The van der Waals surface area contributed by atoms with E-state index in [1.165, 1.54) is 25.5 Å². The molecule has 3 N–H and O–H groups in total. The molecular formula is C16H23N3O2S. The number of thiocarbonyl (C=S) groups is 1. The van der Waals surface area contributed by atoms with Gasteiger partial charge >= 0.3 is 0 Å². The maximum Gasteiger partial charge on any atom is 0.187 e. The second kappa shape index (κ2) is 7.98. The van der Waals surface area contributed by atoms with Crippen molar-refractivity contribution in [2.24, 2.45) is 11.0 Å². The van der Waals surface area contributed by atoms with Gasteiger partial charge in [0.05, 0.1) is 13.3 Å². The summed E-state index contributed by atoms with van der Waals surface area (Å²) in [7, 11) is 1.58. The van der Waals surface area contributed by atoms with Gasteiger partial charge in [0.15, 0.2) is 5.11 Å². The summed E-state index contributed by atoms with van der Waals surface area (Å²) in [6.07, 6.45) is 6.44. The number of ether oxygens (including phenoxy) is 1. The first-order valence-electron chi connectivity index (χ1n) is 7.56. The Kier molecular flexibility index (Phi) is 6.00. The van der Waals surface area contributed by atoms with Gasteiger partial charge < -0.3 is 15.2 Å². The number of aromatic hydroxyl groups is 1. The average molecular weight is 321 g/mol. The SMILES string of the molecule is COc1ccc(O)c(/C=N/NC(=S)N[C@@H]2CCCC[C@H]2C)c1. The molecule has 22 heavy (non-hydrogen) atoms. The average Bonchev–Trinajstić information content (AvgIpc) is 2.51. The van der Waals surface area contributed by atoms with E-state index in [2.05, 4.69) is 22.8 Å². The Morgan fingerprint density at radius 2 is 2.18 bits per heavy atom. The van der Waals surface area contributed by atoms with E-state index in [1.807, 2.05) is 0 Å². The molecule has 0 heterocycles. The molecule has 1 aliphatic carbocycles. The highest BCUT2D eigenvalue weighted by atomic mass is 32.1. The van der Waals surface area contributed by atoms with Crippen molar-refractivity contribution < 1.29 is 9.84 Å². The van der Waals surface area contributed by atoms with Crippen molar-refractivity contribution in [1.29, 1.82) is 0 Å². The molecule has 0 radical (unpaired) electrons. The minimum atomic E-state index is 0.145. The van der Waals surface area contributed by atoms with Crippen LogP contribution in [0.25, 0.3) is 0 Å². The van der Waals surface area contributed by atoms with Gasteiger partial charge in [-0.15, -0.1) is 0 Å². The Morgan fingerprint density at radius 1 is 1.41 bits per heavy atom. The van der Waals surface area contributed by atoms with E-state index in [9.17, 15) is 5.11 Å². The van der Waals surface area contributed by atoms with Gasteiger partial charge in [-0.25, -0.2) is 0 Å². The normalized spacial score (nSPS) is 21.5. The molecule has 0 aliphatic heterocycles. The summed E-state index contributed by atoms with van der Waals surface area (Å²) in [5.41, 5.74) is 3.37. The fourth-order valence-corrected chi connectivity index (χ4v) is 2.86. The van der Waals surface area contributed by atoms with Crippen LogP contribution in [0.15, 0.2) is 23.3 Å². The van der Waals surface area contributed by atoms with Crippen molar-refractivity contribution in [3.8, 4) is 11.5 Å². The van der Waals surface area contributed by atoms with Gasteiger partial charge in [-0.1, -0.05) is 19.8 Å². The molecular weight excluding hydrogens is 298 g/mol. The lowest BCUT2D eigenvalue weighted by atomic mass is 9.86. The Bertz CT molecular complexity index is 548. The molecule has 5 nitrogen and oxygen atoms in total. The fraction of sp³-hybridized carbons (Fsp3) is 0.500. The number of rotatable bonds is 4. The molecule has 0 amide bonds. The van der Waals surface area contributed by atoms with Gasteiger partial charge in [0.1, 0.15) is 11.5 Å². The number of nitrogens with zero attached hydrogens (tertiary/aromatic N) is 1. The van der Waals surface area contributed by atoms with Crippen molar-refractivity contribution in [2.45, 2.75) is 38.6 Å². The summed E-state index contributed by atoms with van der Waals surface area (Å²) >= 11 is 5.26. The van der Waals surface area contributed by atoms with Crippen molar-refractivity contribution in [3.63, 3.8) is 0 Å². The highest BCUT2D eigenvalue weighted by Gasteiger charge is 2.21. The van der Waals surface area contributed by atoms with Crippen LogP contribution < -0.4 is 15.5 Å². The van der Waals surface area contributed by atoms with Crippen molar-refractivity contribution in [3.05, 3.63) is 23.8 Å². The summed E-state index contributed by atoms with van der Waals surface area (Å²) in [4.78, 5) is 0. The van der Waals surface area contributed by atoms with E-state index in [4.69, 9.17) is 17.0 Å². The fourth-order valence-electron chi connectivity index (χ4n) is 2.65. The van der Waals surface area contributed by atoms with Crippen LogP contribution >= 0.6 is 12.2 Å². The largest absolute Gasteiger partial charge is 0.507 e. The van der Waals surface area contributed by atoms with Crippen LogP contribution in [-0.4, -0.2) is 29.6 Å². The molecule has 0 saturated heterocycles. The van der Waals surface area contributed by atoms with E-state index in [0.29, 0.717) is 28.4 Å². The molecule has 6 heteroatoms. The molecule has 0 aromatic heterocycles. The summed E-state index contributed by atoms with van der Waals surface area (Å²) in [6.45, 7) is 2.25. The Labute approximate surface area is 136 Å². The summed E-state index contributed by atoms with van der Waals surface area (Å²) in [5, 5.41) is 17.7. The highest BCUT2D eigenvalue weighted by Crippen LogP contribution is 2.23. The molecule has 1 aliphatic rings. The van der Waals surface area contributed by atoms with E-state index in [-0.39, 0.29) is 5.75 Å². The van der Waals surface area contributed by atoms with Crippen LogP contribution in [0.1, 0.15) is 38.2 Å². The smallest absolute Gasteiger partial charge is 0.187 e. The second-order valence-corrected chi connectivity index (χ2v) is 6.04. The molecule has 1 fully saturated rings. The molecule has 120 valence electrons. The quantitative estimate of drug-likeness (QED) is 0.452. The first-order chi connectivity index (χ1) is 10.6. The molecule has 0 unspecified atom stereocenters. The Hall–Kier alpha value is -1.82. The van der Waals surface area contributed by atoms with Gasteiger partial charge in [-0.05, 0) is 49.2 Å². The summed E-state index contributed by atoms with van der Waals surface area (Å²) in [5.74, 6) is 1.43. The van der Waals surface area contributed by atoms with Crippen LogP contribution in [0.5, 0.6) is 11.5 Å². The van der Waals surface area contributed by atoms with Crippen LogP contribution in [0.2, 0.25) is 0 Å². The Morgan fingerprint density at radius 3 is 2.91 bits per heavy atom. The topological polar surface area (TPSA) is 65.9 Å². The van der Waals surface area contributed by atoms with Gasteiger partial charge in [0.25, 0.3) is 0 Å². The third-order valence-electron chi connectivity index (χ3n) is 4.03. The van der Waals surface area contributed by atoms with E-state index < -0.39 is 0 Å². The number of phenols is 1. The predicted molar refractivity (Wildman–Crippen MR) is 92.5 cm³/mol.